The zero-order valence-electron chi connectivity index (χ0n) is 18.5. The Labute approximate surface area is 193 Å². The van der Waals surface area contributed by atoms with Crippen LogP contribution < -0.4 is 21.5 Å². The Morgan fingerprint density at radius 3 is 2.59 bits per heavy atom. The van der Waals surface area contributed by atoms with Crippen LogP contribution in [0.25, 0.3) is 10.9 Å². The van der Waals surface area contributed by atoms with Gasteiger partial charge in [-0.05, 0) is 18.2 Å². The number of amides is 2. The second-order valence-corrected chi connectivity index (χ2v) is 7.64. The number of hydrogen-bond acceptors (Lipinski definition) is 8. The predicted molar refractivity (Wildman–Crippen MR) is 124 cm³/mol. The first kappa shape index (κ1) is 23.3. The van der Waals surface area contributed by atoms with Crippen LogP contribution in [0.2, 0.25) is 0 Å². The van der Waals surface area contributed by atoms with Crippen molar-refractivity contribution in [2.75, 3.05) is 57.1 Å². The number of benzene rings is 1. The molecule has 11 nitrogen and oxygen atoms in total. The number of hydrogen-bond donors (Lipinski definition) is 4. The summed E-state index contributed by atoms with van der Waals surface area (Å²) in [7, 11) is 1.60. The molecule has 1 aliphatic rings. The Morgan fingerprint density at radius 2 is 1.88 bits per heavy atom. The SMILES string of the molecule is CNc1cc(F)cc2cc(C(=O)Nc3cnc(C(=O)NCCN4CCOCC4)nc3)c(=O)[nH]c12. The molecular formula is C22H24FN7O4. The van der Waals surface area contributed by atoms with E-state index in [0.29, 0.717) is 42.9 Å². The third kappa shape index (κ3) is 5.35. The van der Waals surface area contributed by atoms with E-state index in [1.165, 1.54) is 30.6 Å². The maximum Gasteiger partial charge on any atom is 0.289 e. The van der Waals surface area contributed by atoms with Crippen LogP contribution >= 0.6 is 0 Å². The van der Waals surface area contributed by atoms with Crippen LogP contribution in [0.1, 0.15) is 21.0 Å². The van der Waals surface area contributed by atoms with E-state index in [1.807, 2.05) is 0 Å². The Kier molecular flexibility index (Phi) is 7.09. The molecule has 1 aliphatic heterocycles. The van der Waals surface area contributed by atoms with Gasteiger partial charge >= 0.3 is 0 Å². The second kappa shape index (κ2) is 10.4. The van der Waals surface area contributed by atoms with Gasteiger partial charge < -0.3 is 25.7 Å². The summed E-state index contributed by atoms with van der Waals surface area (Å²) in [5.74, 6) is -1.70. The summed E-state index contributed by atoms with van der Waals surface area (Å²) in [4.78, 5) is 50.1. The number of anilines is 2. The molecule has 0 unspecified atom stereocenters. The second-order valence-electron chi connectivity index (χ2n) is 7.64. The molecule has 34 heavy (non-hydrogen) atoms. The van der Waals surface area contributed by atoms with E-state index < -0.39 is 23.2 Å². The number of halogens is 1. The monoisotopic (exact) mass is 469 g/mol. The van der Waals surface area contributed by atoms with Crippen molar-refractivity contribution in [2.24, 2.45) is 0 Å². The molecular weight excluding hydrogens is 445 g/mol. The van der Waals surface area contributed by atoms with E-state index in [0.717, 1.165) is 13.1 Å². The molecule has 0 atom stereocenters. The number of pyridine rings is 1. The topological polar surface area (TPSA) is 141 Å². The molecule has 0 bridgehead atoms. The van der Waals surface area contributed by atoms with Gasteiger partial charge in [-0.1, -0.05) is 0 Å². The van der Waals surface area contributed by atoms with Crippen molar-refractivity contribution >= 4 is 34.1 Å². The fourth-order valence-electron chi connectivity index (χ4n) is 3.59. The van der Waals surface area contributed by atoms with Gasteiger partial charge in [-0.15, -0.1) is 0 Å². The van der Waals surface area contributed by atoms with Crippen molar-refractivity contribution in [3.05, 3.63) is 58.2 Å². The number of rotatable bonds is 7. The molecule has 0 radical (unpaired) electrons. The average Bonchev–Trinajstić information content (AvgIpc) is 2.84. The maximum atomic E-state index is 13.9. The summed E-state index contributed by atoms with van der Waals surface area (Å²) >= 11 is 0. The lowest BCUT2D eigenvalue weighted by molar-refractivity contribution is 0.0383. The van der Waals surface area contributed by atoms with Crippen molar-refractivity contribution in [1.82, 2.24) is 25.2 Å². The summed E-state index contributed by atoms with van der Waals surface area (Å²) in [6, 6.07) is 3.78. The van der Waals surface area contributed by atoms with Gasteiger partial charge in [0.1, 0.15) is 11.4 Å². The van der Waals surface area contributed by atoms with Gasteiger partial charge in [0.2, 0.25) is 5.82 Å². The zero-order chi connectivity index (χ0) is 24.1. The van der Waals surface area contributed by atoms with E-state index in [9.17, 15) is 18.8 Å². The molecule has 0 spiro atoms. The van der Waals surface area contributed by atoms with Crippen LogP contribution in [0.3, 0.4) is 0 Å². The van der Waals surface area contributed by atoms with Gasteiger partial charge in [0.05, 0.1) is 42.5 Å². The predicted octanol–water partition coefficient (Wildman–Crippen LogP) is 0.813. The Hall–Kier alpha value is -3.90. The number of nitrogens with zero attached hydrogens (tertiary/aromatic N) is 3. The Bertz CT molecular complexity index is 1260. The first-order valence-electron chi connectivity index (χ1n) is 10.7. The average molecular weight is 469 g/mol. The number of morpholine rings is 1. The molecule has 0 aliphatic carbocycles. The molecule has 3 heterocycles. The number of aromatic amines is 1. The van der Waals surface area contributed by atoms with Crippen molar-refractivity contribution < 1.29 is 18.7 Å². The molecule has 1 saturated heterocycles. The van der Waals surface area contributed by atoms with Crippen LogP contribution in [0.5, 0.6) is 0 Å². The number of nitrogens with one attached hydrogen (secondary N) is 4. The summed E-state index contributed by atoms with van der Waals surface area (Å²) in [6.45, 7) is 4.16. The third-order valence-electron chi connectivity index (χ3n) is 5.36. The Morgan fingerprint density at radius 1 is 1.15 bits per heavy atom. The van der Waals surface area contributed by atoms with E-state index in [1.54, 1.807) is 7.05 Å². The summed E-state index contributed by atoms with van der Waals surface area (Å²) in [5, 5.41) is 8.43. The molecule has 1 aromatic carbocycles. The minimum Gasteiger partial charge on any atom is -0.386 e. The van der Waals surface area contributed by atoms with Gasteiger partial charge in [0.25, 0.3) is 17.4 Å². The molecule has 4 rings (SSSR count). The first-order chi connectivity index (χ1) is 16.4. The van der Waals surface area contributed by atoms with Crippen LogP contribution in [-0.2, 0) is 4.74 Å². The molecule has 4 N–H and O–H groups in total. The molecule has 0 saturated carbocycles. The van der Waals surface area contributed by atoms with Crippen LogP contribution in [0.4, 0.5) is 15.8 Å². The van der Waals surface area contributed by atoms with Gasteiger partial charge in [-0.2, -0.15) is 0 Å². The minimum absolute atomic E-state index is 0.0430. The first-order valence-corrected chi connectivity index (χ1v) is 10.7. The number of fused-ring (bicyclic) bond motifs is 1. The maximum absolute atomic E-state index is 13.9. The fraction of sp³-hybridized carbons (Fsp3) is 0.318. The highest BCUT2D eigenvalue weighted by molar-refractivity contribution is 6.06. The summed E-state index contributed by atoms with van der Waals surface area (Å²) < 4.78 is 19.1. The minimum atomic E-state index is -0.718. The van der Waals surface area contributed by atoms with E-state index >= 15 is 0 Å². The van der Waals surface area contributed by atoms with Crippen molar-refractivity contribution in [3.8, 4) is 0 Å². The fourth-order valence-corrected chi connectivity index (χ4v) is 3.59. The largest absolute Gasteiger partial charge is 0.386 e. The van der Waals surface area contributed by atoms with Crippen LogP contribution in [-0.4, -0.2) is 78.1 Å². The van der Waals surface area contributed by atoms with Crippen molar-refractivity contribution in [2.45, 2.75) is 0 Å². The number of aromatic nitrogens is 3. The summed E-state index contributed by atoms with van der Waals surface area (Å²) in [5.41, 5.74) is 0.143. The smallest absolute Gasteiger partial charge is 0.289 e. The van der Waals surface area contributed by atoms with Gasteiger partial charge in [0.15, 0.2) is 0 Å². The summed E-state index contributed by atoms with van der Waals surface area (Å²) in [6.07, 6.45) is 2.55. The molecule has 2 amide bonds. The standard InChI is InChI=1S/C22H24FN7O4/c1-24-17-10-14(23)8-13-9-16(21(32)29-18(13)17)20(31)28-15-11-26-19(27-12-15)22(33)25-2-3-30-4-6-34-7-5-30/h8-12,24H,2-7H2,1H3,(H,25,33)(H,28,31)(H,29,32). The molecule has 178 valence electrons. The van der Waals surface area contributed by atoms with Gasteiger partial charge in [-0.3, -0.25) is 19.3 Å². The van der Waals surface area contributed by atoms with Crippen molar-refractivity contribution in [1.29, 1.82) is 0 Å². The molecule has 1 fully saturated rings. The lowest BCUT2D eigenvalue weighted by Crippen LogP contribution is -2.41. The lowest BCUT2D eigenvalue weighted by Gasteiger charge is -2.26. The molecule has 12 heteroatoms. The van der Waals surface area contributed by atoms with Crippen LogP contribution in [0.15, 0.2) is 35.4 Å². The third-order valence-corrected chi connectivity index (χ3v) is 5.36. The number of ether oxygens (including phenoxy) is 1. The van der Waals surface area contributed by atoms with Gasteiger partial charge in [0, 0.05) is 38.6 Å². The quantitative estimate of drug-likeness (QED) is 0.398. The van der Waals surface area contributed by atoms with Crippen LogP contribution in [0, 0.1) is 5.82 Å². The van der Waals surface area contributed by atoms with E-state index in [2.05, 4.69) is 35.8 Å². The highest BCUT2D eigenvalue weighted by Gasteiger charge is 2.16. The van der Waals surface area contributed by atoms with E-state index in [4.69, 9.17) is 4.74 Å². The number of carbonyl (C=O) groups is 2. The number of H-pyrrole nitrogens is 1. The lowest BCUT2D eigenvalue weighted by atomic mass is 10.1. The highest BCUT2D eigenvalue weighted by atomic mass is 19.1. The highest BCUT2D eigenvalue weighted by Crippen LogP contribution is 2.22. The zero-order valence-corrected chi connectivity index (χ0v) is 18.5. The number of carbonyl (C=O) groups excluding carboxylic acids is 2. The molecule has 3 aromatic rings. The Balaban J connectivity index is 1.39. The van der Waals surface area contributed by atoms with E-state index in [-0.39, 0.29) is 17.1 Å². The normalized spacial score (nSPS) is 14.1. The van der Waals surface area contributed by atoms with Gasteiger partial charge in [-0.25, -0.2) is 14.4 Å². The molecule has 2 aromatic heterocycles. The van der Waals surface area contributed by atoms with Crippen molar-refractivity contribution in [3.63, 3.8) is 0 Å².